The molecular weight excluding hydrogens is 487 g/mol. The Hall–Kier alpha value is -4.31. The molecule has 0 aliphatic heterocycles. The van der Waals surface area contributed by atoms with Crippen LogP contribution >= 0.6 is 11.6 Å². The number of anilines is 1. The van der Waals surface area contributed by atoms with Crippen molar-refractivity contribution in [3.05, 3.63) is 100 Å². The lowest BCUT2D eigenvalue weighted by atomic mass is 10.1. The molecule has 0 atom stereocenters. The van der Waals surface area contributed by atoms with Gasteiger partial charge in [-0.3, -0.25) is 4.79 Å². The number of halogens is 4. The maximum atomic E-state index is 13.0. The lowest BCUT2D eigenvalue weighted by Gasteiger charge is -2.11. The average Bonchev–Trinajstić information content (AvgIpc) is 2.80. The lowest BCUT2D eigenvalue weighted by Crippen LogP contribution is -2.21. The Balaban J connectivity index is 1.95. The second-order valence-electron chi connectivity index (χ2n) is 7.11. The van der Waals surface area contributed by atoms with Crippen LogP contribution in [0.15, 0.2) is 83.5 Å². The summed E-state index contributed by atoms with van der Waals surface area (Å²) in [4.78, 5) is 28.2. The number of phenolic OH excluding ortho intramolecular Hbond substituents is 1. The summed E-state index contributed by atoms with van der Waals surface area (Å²) in [5.74, 6) is -2.33. The molecular formula is C24H17ClF3N3O4. The smallest absolute Gasteiger partial charge is 0.430 e. The standard InChI is InChI=1S/C24H17ClF3N3O4/c25-17-3-1-2-4-19(17)30-20(12-21(29)24(26,27)28)13-5-7-14(8-6-13)22(33)31-18-10-9-15(32)11-16(18)23(34)35/h1-12,32H,29H2,(H,31,33)(H,34,35). The van der Waals surface area contributed by atoms with Gasteiger partial charge in [0, 0.05) is 11.1 Å². The first-order chi connectivity index (χ1) is 16.5. The fourth-order valence-electron chi connectivity index (χ4n) is 2.89. The number of allylic oxidation sites excluding steroid dienone is 2. The number of carbonyl (C=O) groups excluding carboxylic acids is 1. The summed E-state index contributed by atoms with van der Waals surface area (Å²) < 4.78 is 39.1. The molecule has 180 valence electrons. The van der Waals surface area contributed by atoms with Crippen molar-refractivity contribution >= 4 is 40.6 Å². The number of hydrogen-bond acceptors (Lipinski definition) is 5. The van der Waals surface area contributed by atoms with E-state index in [9.17, 15) is 33.0 Å². The van der Waals surface area contributed by atoms with Gasteiger partial charge in [-0.15, -0.1) is 0 Å². The van der Waals surface area contributed by atoms with E-state index >= 15 is 0 Å². The third kappa shape index (κ3) is 6.39. The van der Waals surface area contributed by atoms with Crippen molar-refractivity contribution in [3.63, 3.8) is 0 Å². The fraction of sp³-hybridized carbons (Fsp3) is 0.0417. The van der Waals surface area contributed by atoms with E-state index in [-0.39, 0.29) is 44.5 Å². The van der Waals surface area contributed by atoms with Crippen LogP contribution in [-0.2, 0) is 0 Å². The largest absolute Gasteiger partial charge is 0.508 e. The number of phenols is 1. The summed E-state index contributed by atoms with van der Waals surface area (Å²) in [6, 6.07) is 15.1. The van der Waals surface area contributed by atoms with Gasteiger partial charge in [0.1, 0.15) is 11.4 Å². The number of aromatic hydroxyl groups is 1. The number of carbonyl (C=O) groups is 2. The van der Waals surface area contributed by atoms with E-state index in [1.807, 2.05) is 0 Å². The van der Waals surface area contributed by atoms with E-state index in [1.165, 1.54) is 48.5 Å². The molecule has 3 aromatic rings. The van der Waals surface area contributed by atoms with E-state index in [1.54, 1.807) is 12.1 Å². The van der Waals surface area contributed by atoms with Crippen LogP contribution in [0.25, 0.3) is 0 Å². The molecule has 0 fully saturated rings. The van der Waals surface area contributed by atoms with Gasteiger partial charge < -0.3 is 21.3 Å². The normalized spacial score (nSPS) is 12.3. The van der Waals surface area contributed by atoms with Gasteiger partial charge in [0.05, 0.1) is 27.7 Å². The molecule has 0 saturated carbocycles. The van der Waals surface area contributed by atoms with Gasteiger partial charge in [-0.25, -0.2) is 9.79 Å². The van der Waals surface area contributed by atoms with E-state index in [0.717, 1.165) is 6.07 Å². The van der Waals surface area contributed by atoms with E-state index in [2.05, 4.69) is 10.3 Å². The third-order valence-electron chi connectivity index (χ3n) is 4.64. The number of aliphatic imine (C=N–C) groups is 1. The number of benzene rings is 3. The number of alkyl halides is 3. The van der Waals surface area contributed by atoms with Crippen molar-refractivity contribution in [2.45, 2.75) is 6.18 Å². The van der Waals surface area contributed by atoms with E-state index < -0.39 is 23.7 Å². The summed E-state index contributed by atoms with van der Waals surface area (Å²) in [6.07, 6.45) is -4.12. The molecule has 5 N–H and O–H groups in total. The van der Waals surface area contributed by atoms with Gasteiger partial charge in [-0.1, -0.05) is 35.9 Å². The number of nitrogens with zero attached hydrogens (tertiary/aromatic N) is 1. The molecule has 3 aromatic carbocycles. The Morgan fingerprint density at radius 2 is 1.63 bits per heavy atom. The minimum Gasteiger partial charge on any atom is -0.508 e. The molecule has 0 heterocycles. The molecule has 35 heavy (non-hydrogen) atoms. The number of nitrogens with two attached hydrogens (primary N) is 1. The second-order valence-corrected chi connectivity index (χ2v) is 7.52. The number of aromatic carboxylic acids is 1. The molecule has 0 unspecified atom stereocenters. The summed E-state index contributed by atoms with van der Waals surface area (Å²) >= 11 is 6.08. The highest BCUT2D eigenvalue weighted by molar-refractivity contribution is 6.33. The van der Waals surface area contributed by atoms with Crippen LogP contribution in [0.4, 0.5) is 24.5 Å². The number of hydrogen-bond donors (Lipinski definition) is 4. The number of rotatable bonds is 6. The van der Waals surface area contributed by atoms with Gasteiger partial charge in [-0.2, -0.15) is 13.2 Å². The van der Waals surface area contributed by atoms with Gasteiger partial charge in [-0.05, 0) is 48.5 Å². The van der Waals surface area contributed by atoms with Gasteiger partial charge in [0.25, 0.3) is 5.91 Å². The van der Waals surface area contributed by atoms with Crippen molar-refractivity contribution < 1.29 is 33.0 Å². The zero-order valence-electron chi connectivity index (χ0n) is 17.7. The molecule has 0 aliphatic carbocycles. The Labute approximate surface area is 202 Å². The van der Waals surface area contributed by atoms with Crippen LogP contribution in [0.5, 0.6) is 5.75 Å². The molecule has 11 heteroatoms. The summed E-state index contributed by atoms with van der Waals surface area (Å²) in [6.45, 7) is 0. The molecule has 0 bridgehead atoms. The van der Waals surface area contributed by atoms with Crippen LogP contribution in [0.1, 0.15) is 26.3 Å². The molecule has 0 spiro atoms. The minimum absolute atomic E-state index is 0.0498. The maximum absolute atomic E-state index is 13.0. The van der Waals surface area contributed by atoms with Crippen LogP contribution < -0.4 is 11.1 Å². The second kappa shape index (κ2) is 10.3. The number of carboxylic acid groups (broad SMARTS) is 1. The molecule has 0 radical (unpaired) electrons. The molecule has 7 nitrogen and oxygen atoms in total. The van der Waals surface area contributed by atoms with Crippen molar-refractivity contribution in [1.82, 2.24) is 0 Å². The van der Waals surface area contributed by atoms with Crippen molar-refractivity contribution in [2.24, 2.45) is 10.7 Å². The first kappa shape index (κ1) is 25.3. The number of amides is 1. The number of para-hydroxylation sites is 1. The summed E-state index contributed by atoms with van der Waals surface area (Å²) in [7, 11) is 0. The van der Waals surface area contributed by atoms with Crippen LogP contribution in [0.3, 0.4) is 0 Å². The highest BCUT2D eigenvalue weighted by atomic mass is 35.5. The zero-order valence-corrected chi connectivity index (χ0v) is 18.4. The molecule has 3 rings (SSSR count). The highest BCUT2D eigenvalue weighted by Gasteiger charge is 2.31. The summed E-state index contributed by atoms with van der Waals surface area (Å²) in [5, 5.41) is 21.4. The first-order valence-electron chi connectivity index (χ1n) is 9.81. The quantitative estimate of drug-likeness (QED) is 0.260. The predicted molar refractivity (Wildman–Crippen MR) is 125 cm³/mol. The Kier molecular flexibility index (Phi) is 7.46. The monoisotopic (exact) mass is 503 g/mol. The molecule has 0 aromatic heterocycles. The zero-order chi connectivity index (χ0) is 25.8. The van der Waals surface area contributed by atoms with E-state index in [0.29, 0.717) is 6.08 Å². The maximum Gasteiger partial charge on any atom is 0.430 e. The van der Waals surface area contributed by atoms with Crippen LogP contribution in [0.2, 0.25) is 5.02 Å². The van der Waals surface area contributed by atoms with Crippen molar-refractivity contribution in [1.29, 1.82) is 0 Å². The van der Waals surface area contributed by atoms with Crippen LogP contribution in [0, 0.1) is 0 Å². The number of nitrogens with one attached hydrogen (secondary N) is 1. The third-order valence-corrected chi connectivity index (χ3v) is 4.96. The first-order valence-corrected chi connectivity index (χ1v) is 10.2. The molecule has 0 aliphatic rings. The number of carboxylic acids is 1. The Morgan fingerprint density at radius 3 is 2.23 bits per heavy atom. The lowest BCUT2D eigenvalue weighted by molar-refractivity contribution is -0.0925. The highest BCUT2D eigenvalue weighted by Crippen LogP contribution is 2.27. The average molecular weight is 504 g/mol. The van der Waals surface area contributed by atoms with E-state index in [4.69, 9.17) is 17.3 Å². The SMILES string of the molecule is NC(=CC(=Nc1ccccc1Cl)c1ccc(C(=O)Nc2ccc(O)cc2C(=O)O)cc1)C(F)(F)F. The Bertz CT molecular complexity index is 1340. The molecule has 0 saturated heterocycles. The topological polar surface area (TPSA) is 125 Å². The van der Waals surface area contributed by atoms with Gasteiger partial charge in [0.2, 0.25) is 0 Å². The fourth-order valence-corrected chi connectivity index (χ4v) is 3.06. The minimum atomic E-state index is -4.78. The van der Waals surface area contributed by atoms with Crippen molar-refractivity contribution in [2.75, 3.05) is 5.32 Å². The Morgan fingerprint density at radius 1 is 1.00 bits per heavy atom. The van der Waals surface area contributed by atoms with Gasteiger partial charge in [0.15, 0.2) is 0 Å². The van der Waals surface area contributed by atoms with Crippen LogP contribution in [-0.4, -0.2) is 34.0 Å². The van der Waals surface area contributed by atoms with Gasteiger partial charge >= 0.3 is 12.1 Å². The summed E-state index contributed by atoms with van der Waals surface area (Å²) in [5.41, 5.74) is 3.80. The molecule has 1 amide bonds. The predicted octanol–water partition coefficient (Wildman–Crippen LogP) is 5.52. The van der Waals surface area contributed by atoms with Crippen molar-refractivity contribution in [3.8, 4) is 5.75 Å².